The van der Waals surface area contributed by atoms with Crippen LogP contribution in [0.3, 0.4) is 0 Å². The van der Waals surface area contributed by atoms with Crippen LogP contribution in [-0.4, -0.2) is 65.8 Å². The summed E-state index contributed by atoms with van der Waals surface area (Å²) in [6.07, 6.45) is 3.99. The molecule has 1 N–H and O–H groups in total. The van der Waals surface area contributed by atoms with E-state index in [1.165, 1.54) is 0 Å². The number of likely N-dealkylation sites (tertiary alicyclic amines) is 2. The third-order valence-corrected chi connectivity index (χ3v) is 4.40. The second-order valence-electron chi connectivity index (χ2n) is 5.98. The Kier molecular flexibility index (Phi) is 5.85. The summed E-state index contributed by atoms with van der Waals surface area (Å²) >= 11 is 0. The molecule has 0 aromatic rings. The highest BCUT2D eigenvalue weighted by Gasteiger charge is 2.30. The molecule has 0 aliphatic carbocycles. The van der Waals surface area contributed by atoms with Gasteiger partial charge >= 0.3 is 12.0 Å². The first kappa shape index (κ1) is 16.1. The number of hydrogen-bond donors (Lipinski definition) is 1. The van der Waals surface area contributed by atoms with Gasteiger partial charge in [-0.25, -0.2) is 4.79 Å². The number of nitrogens with zero attached hydrogens (tertiary/aromatic N) is 2. The third-order valence-electron chi connectivity index (χ3n) is 4.40. The molecular weight excluding hydrogens is 272 g/mol. The maximum absolute atomic E-state index is 12.5. The van der Waals surface area contributed by atoms with E-state index >= 15 is 0 Å². The number of urea groups is 1. The number of hydrogen-bond acceptors (Lipinski definition) is 3. The van der Waals surface area contributed by atoms with E-state index in [9.17, 15) is 9.59 Å². The van der Waals surface area contributed by atoms with Crippen LogP contribution in [0.1, 0.15) is 39.0 Å². The highest BCUT2D eigenvalue weighted by molar-refractivity contribution is 5.74. The molecule has 0 spiro atoms. The van der Waals surface area contributed by atoms with Crippen LogP contribution in [0, 0.1) is 5.92 Å². The minimum atomic E-state index is -0.740. The van der Waals surface area contributed by atoms with E-state index in [1.807, 2.05) is 16.7 Å². The van der Waals surface area contributed by atoms with Gasteiger partial charge in [0.2, 0.25) is 0 Å². The molecule has 120 valence electrons. The molecule has 0 bridgehead atoms. The average molecular weight is 298 g/mol. The van der Waals surface area contributed by atoms with Gasteiger partial charge in [-0.05, 0) is 38.5 Å². The molecule has 0 saturated carbocycles. The van der Waals surface area contributed by atoms with Crippen LogP contribution in [0.4, 0.5) is 4.79 Å². The molecular formula is C15H26N2O4. The van der Waals surface area contributed by atoms with Crippen molar-refractivity contribution in [2.75, 3.05) is 32.8 Å². The lowest BCUT2D eigenvalue weighted by atomic mass is 9.94. The first-order chi connectivity index (χ1) is 10.1. The standard InChI is InChI=1S/C15H26N2O4/c1-2-21-13-4-3-7-17(11-13)15(20)16-8-5-12(6-9-16)10-14(18)19/h12-13H,2-11H2,1H3,(H,18,19). The molecule has 1 atom stereocenters. The van der Waals surface area contributed by atoms with Crippen LogP contribution in [0.15, 0.2) is 0 Å². The Morgan fingerprint density at radius 3 is 2.48 bits per heavy atom. The van der Waals surface area contributed by atoms with Gasteiger partial charge in [0.1, 0.15) is 0 Å². The van der Waals surface area contributed by atoms with Crippen molar-refractivity contribution in [2.24, 2.45) is 5.92 Å². The Morgan fingerprint density at radius 1 is 1.14 bits per heavy atom. The monoisotopic (exact) mass is 298 g/mol. The lowest BCUT2D eigenvalue weighted by Crippen LogP contribution is -2.51. The Hall–Kier alpha value is -1.30. The van der Waals surface area contributed by atoms with Crippen molar-refractivity contribution >= 4 is 12.0 Å². The second kappa shape index (κ2) is 7.64. The molecule has 2 aliphatic rings. The number of amides is 2. The molecule has 6 nitrogen and oxygen atoms in total. The highest BCUT2D eigenvalue weighted by atomic mass is 16.5. The first-order valence-corrected chi connectivity index (χ1v) is 7.97. The molecule has 2 fully saturated rings. The minimum absolute atomic E-state index is 0.0909. The number of carboxylic acid groups (broad SMARTS) is 1. The Bertz CT molecular complexity index is 365. The van der Waals surface area contributed by atoms with Gasteiger partial charge in [-0.2, -0.15) is 0 Å². The van der Waals surface area contributed by atoms with E-state index < -0.39 is 5.97 Å². The van der Waals surface area contributed by atoms with Crippen LogP contribution < -0.4 is 0 Å². The fourth-order valence-electron chi connectivity index (χ4n) is 3.26. The van der Waals surface area contributed by atoms with Gasteiger partial charge in [0, 0.05) is 39.2 Å². The van der Waals surface area contributed by atoms with Crippen molar-refractivity contribution < 1.29 is 19.4 Å². The quantitative estimate of drug-likeness (QED) is 0.859. The largest absolute Gasteiger partial charge is 0.481 e. The fraction of sp³-hybridized carbons (Fsp3) is 0.867. The molecule has 2 saturated heterocycles. The van der Waals surface area contributed by atoms with Crippen molar-refractivity contribution in [3.05, 3.63) is 0 Å². The zero-order chi connectivity index (χ0) is 15.2. The van der Waals surface area contributed by atoms with Crippen molar-refractivity contribution in [1.29, 1.82) is 0 Å². The van der Waals surface area contributed by atoms with Gasteiger partial charge in [0.25, 0.3) is 0 Å². The normalized spacial score (nSPS) is 24.1. The molecule has 2 amide bonds. The summed E-state index contributed by atoms with van der Waals surface area (Å²) in [6.45, 7) is 5.50. The molecule has 2 aliphatic heterocycles. The van der Waals surface area contributed by atoms with Crippen molar-refractivity contribution in [3.8, 4) is 0 Å². The lowest BCUT2D eigenvalue weighted by molar-refractivity contribution is -0.138. The van der Waals surface area contributed by atoms with E-state index in [0.29, 0.717) is 26.2 Å². The summed E-state index contributed by atoms with van der Waals surface area (Å²) in [5, 5.41) is 8.82. The zero-order valence-corrected chi connectivity index (χ0v) is 12.8. The van der Waals surface area contributed by atoms with Gasteiger partial charge in [0.15, 0.2) is 0 Å². The number of rotatable bonds is 4. The van der Waals surface area contributed by atoms with Gasteiger partial charge in [-0.15, -0.1) is 0 Å². The molecule has 0 radical (unpaired) electrons. The lowest BCUT2D eigenvalue weighted by Gasteiger charge is -2.38. The molecule has 2 rings (SSSR count). The van der Waals surface area contributed by atoms with E-state index in [4.69, 9.17) is 9.84 Å². The number of piperidine rings is 2. The summed E-state index contributed by atoms with van der Waals surface area (Å²) in [5.74, 6) is -0.528. The number of aliphatic carboxylic acids is 1. The summed E-state index contributed by atoms with van der Waals surface area (Å²) in [4.78, 5) is 27.0. The molecule has 21 heavy (non-hydrogen) atoms. The molecule has 6 heteroatoms. The predicted octanol–water partition coefficient (Wildman–Crippen LogP) is 1.79. The zero-order valence-electron chi connectivity index (χ0n) is 12.8. The van der Waals surface area contributed by atoms with Crippen LogP contribution in [0.5, 0.6) is 0 Å². The highest BCUT2D eigenvalue weighted by Crippen LogP contribution is 2.22. The first-order valence-electron chi connectivity index (χ1n) is 7.97. The Labute approximate surface area is 126 Å². The SMILES string of the molecule is CCOC1CCCN(C(=O)N2CCC(CC(=O)O)CC2)C1. The molecule has 2 heterocycles. The smallest absolute Gasteiger partial charge is 0.320 e. The molecule has 0 aromatic heterocycles. The third kappa shape index (κ3) is 4.59. The summed E-state index contributed by atoms with van der Waals surface area (Å²) < 4.78 is 5.63. The molecule has 0 aromatic carbocycles. The maximum Gasteiger partial charge on any atom is 0.320 e. The predicted molar refractivity (Wildman–Crippen MR) is 78.2 cm³/mol. The Morgan fingerprint density at radius 2 is 1.86 bits per heavy atom. The summed E-state index contributed by atoms with van der Waals surface area (Å²) in [7, 11) is 0. The van der Waals surface area contributed by atoms with Gasteiger partial charge in [-0.3, -0.25) is 4.79 Å². The van der Waals surface area contributed by atoms with Gasteiger partial charge < -0.3 is 19.6 Å². The summed E-state index contributed by atoms with van der Waals surface area (Å²) in [6, 6.07) is 0.0909. The number of carboxylic acids is 1. The maximum atomic E-state index is 12.5. The average Bonchev–Trinajstić information content (AvgIpc) is 2.47. The van der Waals surface area contributed by atoms with Crippen molar-refractivity contribution in [2.45, 2.75) is 45.1 Å². The van der Waals surface area contributed by atoms with Crippen LogP contribution in [0.25, 0.3) is 0 Å². The number of carbonyl (C=O) groups is 2. The number of carbonyl (C=O) groups excluding carboxylic acids is 1. The van der Waals surface area contributed by atoms with Crippen LogP contribution in [0.2, 0.25) is 0 Å². The molecule has 1 unspecified atom stereocenters. The van der Waals surface area contributed by atoms with Crippen LogP contribution >= 0.6 is 0 Å². The van der Waals surface area contributed by atoms with Crippen molar-refractivity contribution in [3.63, 3.8) is 0 Å². The minimum Gasteiger partial charge on any atom is -0.481 e. The second-order valence-corrected chi connectivity index (χ2v) is 5.98. The van der Waals surface area contributed by atoms with Gasteiger partial charge in [0.05, 0.1) is 6.10 Å². The van der Waals surface area contributed by atoms with E-state index in [1.54, 1.807) is 0 Å². The van der Waals surface area contributed by atoms with E-state index in [-0.39, 0.29) is 24.5 Å². The summed E-state index contributed by atoms with van der Waals surface area (Å²) in [5.41, 5.74) is 0. The topological polar surface area (TPSA) is 70.1 Å². The van der Waals surface area contributed by atoms with E-state index in [0.717, 1.165) is 32.2 Å². The fourth-order valence-corrected chi connectivity index (χ4v) is 3.26. The number of ether oxygens (including phenoxy) is 1. The van der Waals surface area contributed by atoms with Crippen molar-refractivity contribution in [1.82, 2.24) is 9.80 Å². The Balaban J connectivity index is 1.80. The van der Waals surface area contributed by atoms with Crippen LogP contribution in [-0.2, 0) is 9.53 Å². The van der Waals surface area contributed by atoms with Gasteiger partial charge in [-0.1, -0.05) is 0 Å². The van der Waals surface area contributed by atoms with E-state index in [2.05, 4.69) is 0 Å².